The first kappa shape index (κ1) is 46.7. The van der Waals surface area contributed by atoms with E-state index in [9.17, 15) is 24.0 Å². The predicted octanol–water partition coefficient (Wildman–Crippen LogP) is 5.16. The maximum Gasteiger partial charge on any atom is 0.278 e. The average molecular weight is 928 g/mol. The molecular formula is C49H66FN9O6S. The minimum absolute atomic E-state index is 0.0111. The van der Waals surface area contributed by atoms with E-state index in [2.05, 4.69) is 38.1 Å². The number of piperidine rings is 3. The van der Waals surface area contributed by atoms with Crippen molar-refractivity contribution in [2.45, 2.75) is 126 Å². The molecule has 1 aromatic rings. The molecule has 3 unspecified atom stereocenters. The molecule has 8 aliphatic rings. The van der Waals surface area contributed by atoms with Gasteiger partial charge in [0.1, 0.15) is 30.6 Å². The smallest absolute Gasteiger partial charge is 0.278 e. The van der Waals surface area contributed by atoms with Gasteiger partial charge >= 0.3 is 0 Å². The summed E-state index contributed by atoms with van der Waals surface area (Å²) in [5.41, 5.74) is 2.19. The van der Waals surface area contributed by atoms with E-state index in [1.807, 2.05) is 27.8 Å². The molecule has 4 amide bonds. The van der Waals surface area contributed by atoms with Gasteiger partial charge in [-0.25, -0.2) is 9.45 Å². The summed E-state index contributed by atoms with van der Waals surface area (Å²) in [6.07, 6.45) is 17.3. The molecule has 66 heavy (non-hydrogen) atoms. The lowest BCUT2D eigenvalue weighted by molar-refractivity contribution is -0.175. The largest absolute Gasteiger partial charge is 0.369 e. The van der Waals surface area contributed by atoms with Crippen molar-refractivity contribution in [3.05, 3.63) is 53.0 Å². The number of halogens is 1. The summed E-state index contributed by atoms with van der Waals surface area (Å²) in [6, 6.07) is 2.83. The van der Waals surface area contributed by atoms with E-state index in [0.717, 1.165) is 101 Å². The van der Waals surface area contributed by atoms with Gasteiger partial charge in [-0.3, -0.25) is 43.2 Å². The molecule has 356 valence electrons. The van der Waals surface area contributed by atoms with E-state index < -0.39 is 23.7 Å². The van der Waals surface area contributed by atoms with Gasteiger partial charge in [-0.2, -0.15) is 0 Å². The maximum absolute atomic E-state index is 15.6. The zero-order valence-corrected chi connectivity index (χ0v) is 39.4. The normalized spacial score (nSPS) is 27.6. The number of benzene rings is 1. The molecule has 2 aliphatic carbocycles. The van der Waals surface area contributed by atoms with Crippen LogP contribution in [0.25, 0.3) is 0 Å². The van der Waals surface area contributed by atoms with Gasteiger partial charge in [0.25, 0.3) is 11.8 Å². The number of carbonyl (C=O) groups excluding carboxylic acids is 5. The van der Waals surface area contributed by atoms with E-state index in [-0.39, 0.29) is 60.2 Å². The highest BCUT2D eigenvalue weighted by molar-refractivity contribution is 7.97. The third-order valence-electron chi connectivity index (χ3n) is 15.8. The quantitative estimate of drug-likeness (QED) is 0.160. The Balaban J connectivity index is 0.686. The molecule has 6 aliphatic heterocycles. The Morgan fingerprint density at radius 1 is 1.00 bits per heavy atom. The molecule has 1 spiro atoms. The molecular weight excluding hydrogens is 862 g/mol. The van der Waals surface area contributed by atoms with Crippen LogP contribution in [0.1, 0.15) is 106 Å². The van der Waals surface area contributed by atoms with Gasteiger partial charge in [0.15, 0.2) is 0 Å². The van der Waals surface area contributed by atoms with E-state index >= 15 is 4.39 Å². The monoisotopic (exact) mass is 927 g/mol. The second-order valence-corrected chi connectivity index (χ2v) is 21.4. The topological polar surface area (TPSA) is 151 Å². The summed E-state index contributed by atoms with van der Waals surface area (Å²) >= 11 is 2.04. The van der Waals surface area contributed by atoms with Crippen LogP contribution in [-0.4, -0.2) is 155 Å². The second kappa shape index (κ2) is 20.0. The zero-order chi connectivity index (χ0) is 46.1. The number of likely N-dealkylation sites (tertiary alicyclic amines) is 2. The summed E-state index contributed by atoms with van der Waals surface area (Å²) in [4.78, 5) is 87.3. The lowest BCUT2D eigenvalue weighted by Gasteiger charge is -2.62. The van der Waals surface area contributed by atoms with Crippen LogP contribution in [0, 0.1) is 23.1 Å². The molecule has 4 saturated heterocycles. The number of hydrogen-bond acceptors (Lipinski definition) is 12. The van der Waals surface area contributed by atoms with Crippen molar-refractivity contribution >= 4 is 60.1 Å². The first-order chi connectivity index (χ1) is 32.0. The van der Waals surface area contributed by atoms with Crippen LogP contribution < -0.4 is 10.2 Å². The SMILES string of the molecule is C=N/C=C1/C=CC(=O)N(C2CCCC2C)C1=NC1CCN(SC2CCN(C3CC4(C3)CN(C(=O)C3CCN(c5cc6c(cc5F)C(=O)N(C(CCC=O)C(=O)NC)OC6)CC3)C4)CC2)CC1. The van der Waals surface area contributed by atoms with Crippen LogP contribution in [0.15, 0.2) is 46.0 Å². The number of carbonyl (C=O) groups is 5. The first-order valence-corrected chi connectivity index (χ1v) is 25.2. The predicted molar refractivity (Wildman–Crippen MR) is 252 cm³/mol. The van der Waals surface area contributed by atoms with Crippen molar-refractivity contribution in [3.63, 3.8) is 0 Å². The Morgan fingerprint density at radius 2 is 1.74 bits per heavy atom. The lowest BCUT2D eigenvalue weighted by Crippen LogP contribution is -2.68. The summed E-state index contributed by atoms with van der Waals surface area (Å²) in [6.45, 7) is 12.9. The number of rotatable bonds is 13. The summed E-state index contributed by atoms with van der Waals surface area (Å²) in [7, 11) is 1.45. The van der Waals surface area contributed by atoms with Gasteiger partial charge < -0.3 is 24.8 Å². The molecule has 3 atom stereocenters. The minimum atomic E-state index is -1.00. The molecule has 0 aromatic heterocycles. The van der Waals surface area contributed by atoms with Gasteiger partial charge in [0.2, 0.25) is 11.8 Å². The van der Waals surface area contributed by atoms with Gasteiger partial charge in [-0.15, -0.1) is 0 Å². The van der Waals surface area contributed by atoms with E-state index in [0.29, 0.717) is 60.7 Å². The Kier molecular flexibility index (Phi) is 14.2. The number of hydroxylamine groups is 2. The van der Waals surface area contributed by atoms with Crippen molar-refractivity contribution in [1.29, 1.82) is 0 Å². The number of likely N-dealkylation sites (N-methyl/N-ethyl adjacent to an activating group) is 1. The summed E-state index contributed by atoms with van der Waals surface area (Å²) in [5, 5.41) is 4.08. The molecule has 17 heteroatoms. The fourth-order valence-electron chi connectivity index (χ4n) is 12.0. The average Bonchev–Trinajstić information content (AvgIpc) is 3.72. The van der Waals surface area contributed by atoms with Gasteiger partial charge in [-0.05, 0) is 120 Å². The van der Waals surface area contributed by atoms with Crippen molar-refractivity contribution in [2.75, 3.05) is 64.3 Å². The first-order valence-electron chi connectivity index (χ1n) is 24.4. The number of nitrogens with one attached hydrogen (secondary N) is 1. The fraction of sp³-hybridized carbons (Fsp3) is 0.653. The van der Waals surface area contributed by atoms with Crippen LogP contribution in [0.5, 0.6) is 0 Å². The zero-order valence-electron chi connectivity index (χ0n) is 38.6. The van der Waals surface area contributed by atoms with Crippen LogP contribution in [0.3, 0.4) is 0 Å². The fourth-order valence-corrected chi connectivity index (χ4v) is 13.3. The number of aldehydes is 1. The second-order valence-electron chi connectivity index (χ2n) is 20.0. The van der Waals surface area contributed by atoms with Crippen molar-refractivity contribution in [3.8, 4) is 0 Å². The number of hydrogen-bond donors (Lipinski definition) is 1. The van der Waals surface area contributed by atoms with Crippen molar-refractivity contribution < 1.29 is 33.2 Å². The Morgan fingerprint density at radius 3 is 2.41 bits per heavy atom. The highest BCUT2D eigenvalue weighted by atomic mass is 32.2. The Hall–Kier alpha value is -4.45. The highest BCUT2D eigenvalue weighted by Gasteiger charge is 2.56. The molecule has 15 nitrogen and oxygen atoms in total. The Labute approximate surface area is 392 Å². The number of aliphatic imine (C=N–C) groups is 2. The third-order valence-corrected chi connectivity index (χ3v) is 17.2. The number of anilines is 1. The van der Waals surface area contributed by atoms with Crippen LogP contribution >= 0.6 is 11.9 Å². The highest BCUT2D eigenvalue weighted by Crippen LogP contribution is 2.51. The van der Waals surface area contributed by atoms with E-state index in [1.54, 1.807) is 18.3 Å². The van der Waals surface area contributed by atoms with Gasteiger partial charge in [0, 0.05) is 99.3 Å². The number of amidine groups is 1. The van der Waals surface area contributed by atoms with Crippen LogP contribution in [0.2, 0.25) is 0 Å². The van der Waals surface area contributed by atoms with Crippen molar-refractivity contribution in [2.24, 2.45) is 27.2 Å². The van der Waals surface area contributed by atoms with E-state index in [1.165, 1.54) is 26.0 Å². The maximum atomic E-state index is 15.6. The number of amides is 4. The summed E-state index contributed by atoms with van der Waals surface area (Å²) < 4.78 is 18.2. The van der Waals surface area contributed by atoms with Gasteiger partial charge in [0.05, 0.1) is 17.3 Å². The van der Waals surface area contributed by atoms with Crippen LogP contribution in [-0.2, 0) is 30.6 Å². The minimum Gasteiger partial charge on any atom is -0.369 e. The molecule has 9 rings (SSSR count). The molecule has 6 fully saturated rings. The van der Waals surface area contributed by atoms with Crippen molar-refractivity contribution in [1.82, 2.24) is 29.4 Å². The molecule has 2 saturated carbocycles. The van der Waals surface area contributed by atoms with E-state index in [4.69, 9.17) is 9.83 Å². The third kappa shape index (κ3) is 9.51. The molecule has 1 aromatic carbocycles. The molecule has 1 N–H and O–H groups in total. The standard InChI is InChI=1S/C49H66FN9O6S/c1-32-6-4-7-41(32)58-44(61)10-9-34(28-51-2)45(58)53-36-13-21-57(22-14-36)66-38-15-19-54(20-16-38)37-26-49(27-37)30-56(31-49)47(63)33-11-17-55(18-12-33)43-24-35-29-65-59(48(64)39(35)25-40(43)50)42(8-5-23-60)46(62)52-3/h9-10,23-25,28,32-33,36-38,41-42H,2,4-8,11-22,26-27,29-31H2,1,3H3,(H,52,62)/b34-28-,53-45?. The lowest BCUT2D eigenvalue weighted by atomic mass is 9.60. The number of fused-ring (bicyclic) bond motifs is 1. The number of nitrogens with zero attached hydrogens (tertiary/aromatic N) is 8. The molecule has 6 heterocycles. The molecule has 0 radical (unpaired) electrons. The van der Waals surface area contributed by atoms with Gasteiger partial charge in [-0.1, -0.05) is 25.3 Å². The molecule has 0 bridgehead atoms. The van der Waals surface area contributed by atoms with Crippen LogP contribution in [0.4, 0.5) is 10.1 Å². The summed E-state index contributed by atoms with van der Waals surface area (Å²) in [5.74, 6) is -0.214. The Bertz CT molecular complexity index is 2130.